The van der Waals surface area contributed by atoms with Crippen molar-refractivity contribution in [2.75, 3.05) is 0 Å². The Bertz CT molecular complexity index is 277. The number of aliphatic imine (C=N–C) groups is 2. The zero-order valence-electron chi connectivity index (χ0n) is 15.0. The Labute approximate surface area is 127 Å². The molecule has 0 atom stereocenters. The van der Waals surface area contributed by atoms with E-state index in [2.05, 4.69) is 77.8 Å². The van der Waals surface area contributed by atoms with Crippen LogP contribution in [0.15, 0.2) is 9.98 Å². The van der Waals surface area contributed by atoms with Gasteiger partial charge in [0.15, 0.2) is 0 Å². The van der Waals surface area contributed by atoms with Gasteiger partial charge in [0.2, 0.25) is 0 Å². The fourth-order valence-corrected chi connectivity index (χ4v) is 1.99. The number of nitrogens with zero attached hydrogens (tertiary/aromatic N) is 2. The van der Waals surface area contributed by atoms with E-state index >= 15 is 0 Å². The molecule has 0 aliphatic carbocycles. The highest BCUT2D eigenvalue weighted by atomic mass is 14.8. The molecule has 0 unspecified atom stereocenters. The monoisotopic (exact) mass is 280 g/mol. The molecule has 0 aromatic rings. The van der Waals surface area contributed by atoms with Crippen molar-refractivity contribution in [2.45, 2.75) is 93.2 Å². The number of unbranched alkanes of at least 4 members (excludes halogenated alkanes) is 1. The fraction of sp³-hybridized carbons (Fsp3) is 0.889. The second-order valence-corrected chi connectivity index (χ2v) is 7.93. The molecule has 0 rings (SSSR count). The molecule has 0 aliphatic heterocycles. The lowest BCUT2D eigenvalue weighted by Crippen LogP contribution is -2.16. The average molecular weight is 280 g/mol. The zero-order valence-corrected chi connectivity index (χ0v) is 15.0. The lowest BCUT2D eigenvalue weighted by atomic mass is 9.84. The van der Waals surface area contributed by atoms with Crippen molar-refractivity contribution in [1.29, 1.82) is 0 Å². The first-order chi connectivity index (χ1) is 9.04. The maximum absolute atomic E-state index is 4.53. The summed E-state index contributed by atoms with van der Waals surface area (Å²) in [5, 5.41) is 0. The topological polar surface area (TPSA) is 24.7 Å². The first-order valence-corrected chi connectivity index (χ1v) is 8.13. The Morgan fingerprint density at radius 3 is 1.25 bits per heavy atom. The summed E-state index contributed by atoms with van der Waals surface area (Å²) in [6.07, 6.45) is 9.22. The summed E-state index contributed by atoms with van der Waals surface area (Å²) in [6.45, 7) is 17.6. The van der Waals surface area contributed by atoms with Gasteiger partial charge < -0.3 is 0 Å². The van der Waals surface area contributed by atoms with E-state index in [9.17, 15) is 0 Å². The largest absolute Gasteiger partial charge is 0.294 e. The molecule has 0 bridgehead atoms. The third-order valence-corrected chi connectivity index (χ3v) is 3.34. The molecule has 0 N–H and O–H groups in total. The molecule has 0 aliphatic rings. The van der Waals surface area contributed by atoms with Gasteiger partial charge in [0.25, 0.3) is 0 Å². The van der Waals surface area contributed by atoms with Gasteiger partial charge in [0, 0.05) is 24.5 Å². The van der Waals surface area contributed by atoms with Crippen LogP contribution < -0.4 is 0 Å². The smallest absolute Gasteiger partial charge is 0.0439 e. The van der Waals surface area contributed by atoms with Crippen molar-refractivity contribution in [1.82, 2.24) is 0 Å². The molecule has 0 saturated carbocycles. The van der Waals surface area contributed by atoms with Crippen LogP contribution in [-0.4, -0.2) is 24.5 Å². The molecule has 0 fully saturated rings. The van der Waals surface area contributed by atoms with Crippen molar-refractivity contribution in [3.05, 3.63) is 0 Å². The molecule has 2 nitrogen and oxygen atoms in total. The van der Waals surface area contributed by atoms with Crippen LogP contribution in [-0.2, 0) is 0 Å². The number of hydrogen-bond donors (Lipinski definition) is 0. The van der Waals surface area contributed by atoms with Crippen LogP contribution in [0.5, 0.6) is 0 Å². The Morgan fingerprint density at radius 2 is 1.00 bits per heavy atom. The Hall–Kier alpha value is -0.660. The van der Waals surface area contributed by atoms with Crippen LogP contribution in [0.4, 0.5) is 0 Å². The molecule has 0 saturated heterocycles. The zero-order chi connectivity index (χ0) is 15.8. The van der Waals surface area contributed by atoms with E-state index in [-0.39, 0.29) is 10.8 Å². The Morgan fingerprint density at radius 1 is 0.700 bits per heavy atom. The van der Waals surface area contributed by atoms with Gasteiger partial charge >= 0.3 is 0 Å². The van der Waals surface area contributed by atoms with Gasteiger partial charge in [0.05, 0.1) is 0 Å². The van der Waals surface area contributed by atoms with Crippen LogP contribution in [0.3, 0.4) is 0 Å². The van der Waals surface area contributed by atoms with E-state index < -0.39 is 0 Å². The van der Waals surface area contributed by atoms with Crippen molar-refractivity contribution < 1.29 is 0 Å². The quantitative estimate of drug-likeness (QED) is 0.390. The van der Waals surface area contributed by atoms with Crippen LogP contribution in [0, 0.1) is 10.8 Å². The van der Waals surface area contributed by atoms with Gasteiger partial charge in [-0.3, -0.25) is 9.98 Å². The molecule has 0 aromatic heterocycles. The van der Waals surface area contributed by atoms with Gasteiger partial charge in [-0.1, -0.05) is 40.5 Å². The van der Waals surface area contributed by atoms with E-state index in [0.29, 0.717) is 12.1 Å². The third-order valence-electron chi connectivity index (χ3n) is 3.34. The average Bonchev–Trinajstić information content (AvgIpc) is 2.30. The van der Waals surface area contributed by atoms with Gasteiger partial charge in [-0.15, -0.1) is 0 Å². The predicted octanol–water partition coefficient (Wildman–Crippen LogP) is 5.56. The maximum Gasteiger partial charge on any atom is 0.0439 e. The lowest BCUT2D eigenvalue weighted by molar-refractivity contribution is 0.404. The molecular formula is C18H36N2. The summed E-state index contributed by atoms with van der Waals surface area (Å²) >= 11 is 0. The highest BCUT2D eigenvalue weighted by molar-refractivity contribution is 5.65. The summed E-state index contributed by atoms with van der Waals surface area (Å²) < 4.78 is 0. The fourth-order valence-electron chi connectivity index (χ4n) is 1.99. The third kappa shape index (κ3) is 11.2. The molecule has 0 spiro atoms. The van der Waals surface area contributed by atoms with E-state index in [1.54, 1.807) is 0 Å². The lowest BCUT2D eigenvalue weighted by Gasteiger charge is -2.22. The van der Waals surface area contributed by atoms with Crippen LogP contribution in [0.2, 0.25) is 0 Å². The first-order valence-electron chi connectivity index (χ1n) is 8.13. The molecule has 0 heterocycles. The molecule has 20 heavy (non-hydrogen) atoms. The van der Waals surface area contributed by atoms with Crippen molar-refractivity contribution in [3.8, 4) is 0 Å². The highest BCUT2D eigenvalue weighted by Crippen LogP contribution is 2.26. The normalized spacial score (nSPS) is 14.3. The van der Waals surface area contributed by atoms with Crippen molar-refractivity contribution in [2.24, 2.45) is 20.8 Å². The van der Waals surface area contributed by atoms with Gasteiger partial charge in [-0.05, 0) is 51.4 Å². The number of rotatable bonds is 9. The van der Waals surface area contributed by atoms with E-state index in [1.807, 2.05) is 0 Å². The molecular weight excluding hydrogens is 244 g/mol. The minimum atomic E-state index is 0.223. The summed E-state index contributed by atoms with van der Waals surface area (Å²) in [5.74, 6) is 0. The Balaban J connectivity index is 4.07. The maximum atomic E-state index is 4.53. The summed E-state index contributed by atoms with van der Waals surface area (Å²) in [7, 11) is 0. The molecule has 118 valence electrons. The number of hydrogen-bond acceptors (Lipinski definition) is 2. The minimum Gasteiger partial charge on any atom is -0.294 e. The molecule has 0 amide bonds. The van der Waals surface area contributed by atoms with Gasteiger partial charge in [0.1, 0.15) is 0 Å². The van der Waals surface area contributed by atoms with E-state index in [4.69, 9.17) is 0 Å². The summed E-state index contributed by atoms with van der Waals surface area (Å²) in [4.78, 5) is 9.05. The standard InChI is InChI=1S/C18H36N2/c1-15(2)19-13-17(5,6)11-9-10-12-18(7,8)14-20-16(3)4/h13-16H,9-12H2,1-8H3. The van der Waals surface area contributed by atoms with Crippen molar-refractivity contribution in [3.63, 3.8) is 0 Å². The second-order valence-electron chi connectivity index (χ2n) is 7.93. The molecule has 0 radical (unpaired) electrons. The Kier molecular flexibility index (Phi) is 8.30. The van der Waals surface area contributed by atoms with Gasteiger partial charge in [-0.25, -0.2) is 0 Å². The molecule has 0 aromatic carbocycles. The van der Waals surface area contributed by atoms with E-state index in [0.717, 1.165) is 0 Å². The van der Waals surface area contributed by atoms with Crippen LogP contribution in [0.25, 0.3) is 0 Å². The summed E-state index contributed by atoms with van der Waals surface area (Å²) in [6, 6.07) is 0.806. The summed E-state index contributed by atoms with van der Waals surface area (Å²) in [5.41, 5.74) is 0.445. The predicted molar refractivity (Wildman–Crippen MR) is 93.3 cm³/mol. The van der Waals surface area contributed by atoms with E-state index in [1.165, 1.54) is 25.7 Å². The van der Waals surface area contributed by atoms with Gasteiger partial charge in [-0.2, -0.15) is 0 Å². The highest BCUT2D eigenvalue weighted by Gasteiger charge is 2.17. The molecule has 2 heteroatoms. The van der Waals surface area contributed by atoms with Crippen LogP contribution in [0.1, 0.15) is 81.1 Å². The van der Waals surface area contributed by atoms with Crippen molar-refractivity contribution >= 4 is 12.4 Å². The second kappa shape index (κ2) is 8.59. The SMILES string of the molecule is CC(C)N=CC(C)(C)CCCCC(C)(C)C=NC(C)C. The van der Waals surface area contributed by atoms with Crippen LogP contribution >= 0.6 is 0 Å². The first kappa shape index (κ1) is 19.3. The minimum absolute atomic E-state index is 0.223.